The summed E-state index contributed by atoms with van der Waals surface area (Å²) in [7, 11) is 2.61. The Kier molecular flexibility index (Phi) is 16.4. The topological polar surface area (TPSA) is 182 Å². The molecule has 4 rings (SSSR count). The summed E-state index contributed by atoms with van der Waals surface area (Å²) in [6.45, 7) is 4.06. The normalized spacial score (nSPS) is 12.2. The molecule has 54 heavy (non-hydrogen) atoms. The van der Waals surface area contributed by atoms with Crippen LogP contribution >= 0.6 is 21.6 Å². The quantitative estimate of drug-likeness (QED) is 0.0311. The van der Waals surface area contributed by atoms with Gasteiger partial charge < -0.3 is 29.7 Å². The molecule has 4 N–H and O–H groups in total. The van der Waals surface area contributed by atoms with Crippen molar-refractivity contribution >= 4 is 45.2 Å². The molecule has 16 heteroatoms. The first-order chi connectivity index (χ1) is 25.9. The van der Waals surface area contributed by atoms with Crippen LogP contribution in [0.3, 0.4) is 0 Å². The van der Waals surface area contributed by atoms with E-state index in [0.29, 0.717) is 45.3 Å². The van der Waals surface area contributed by atoms with Crippen molar-refractivity contribution in [2.24, 2.45) is 0 Å². The van der Waals surface area contributed by atoms with Crippen LogP contribution in [0.5, 0.6) is 0 Å². The van der Waals surface area contributed by atoms with E-state index >= 15 is 0 Å². The monoisotopic (exact) mass is 782 g/mol. The smallest absolute Gasteiger partial charge is 0.413 e. The minimum absolute atomic E-state index is 0.0204. The van der Waals surface area contributed by atoms with E-state index in [1.54, 1.807) is 24.3 Å². The van der Waals surface area contributed by atoms with Crippen molar-refractivity contribution in [3.8, 4) is 22.4 Å². The Hall–Kier alpha value is -4.90. The van der Waals surface area contributed by atoms with Gasteiger partial charge in [-0.15, -0.1) is 10.1 Å². The summed E-state index contributed by atoms with van der Waals surface area (Å²) in [5.74, 6) is -0.970. The number of amides is 3. The molecule has 1 heterocycles. The first-order valence-electron chi connectivity index (χ1n) is 17.2. The number of nitrogens with zero attached hydrogens (tertiary/aromatic N) is 2. The van der Waals surface area contributed by atoms with Gasteiger partial charge in [-0.3, -0.25) is 14.9 Å². The van der Waals surface area contributed by atoms with Gasteiger partial charge in [0.05, 0.1) is 29.9 Å². The summed E-state index contributed by atoms with van der Waals surface area (Å²) in [6, 6.07) is 24.5. The molecule has 2 atom stereocenters. The number of benzene rings is 3. The second-order valence-corrected chi connectivity index (χ2v) is 15.1. The molecule has 1 aromatic heterocycles. The average Bonchev–Trinajstić information content (AvgIpc) is 3.48. The van der Waals surface area contributed by atoms with Gasteiger partial charge in [0, 0.05) is 35.0 Å². The minimum Gasteiger partial charge on any atom is -0.448 e. The molecule has 0 bridgehead atoms. The number of para-hydroxylation sites is 1. The maximum Gasteiger partial charge on any atom is 0.413 e. The van der Waals surface area contributed by atoms with Crippen LogP contribution in [-0.4, -0.2) is 74.7 Å². The highest BCUT2D eigenvalue weighted by atomic mass is 33.1. The van der Waals surface area contributed by atoms with Crippen LogP contribution in [0.1, 0.15) is 55.1 Å². The molecule has 0 radical (unpaired) electrons. The van der Waals surface area contributed by atoms with E-state index in [0.717, 1.165) is 5.56 Å². The van der Waals surface area contributed by atoms with E-state index in [-0.39, 0.29) is 44.4 Å². The molecule has 0 unspecified atom stereocenters. The standard InChI is InChI=1S/C38H43FN4O9S2/c1-25(2)35-34(37(47)40-29-11-7-4-8-12-29)33(26-9-5-3-6-10-26)36(27-13-15-28(39)16-14-27)42(35)18-17-30(44)23-31(45)24-32(46)41-38(48)51-19-21-53-54-22-20-52-43(49)50/h3-16,25,30-31,44-45H,17-24H2,1-2H3,(H,40,47)(H,41,46,48)/t30-,31-/m1/s1. The van der Waals surface area contributed by atoms with Gasteiger partial charge in [0.2, 0.25) is 5.91 Å². The van der Waals surface area contributed by atoms with Gasteiger partial charge in [-0.1, -0.05) is 84.0 Å². The fourth-order valence-electron chi connectivity index (χ4n) is 5.85. The number of carbonyl (C=O) groups excluding carboxylic acids is 3. The van der Waals surface area contributed by atoms with Crippen molar-refractivity contribution in [1.29, 1.82) is 0 Å². The van der Waals surface area contributed by atoms with Crippen LogP contribution in [0.4, 0.5) is 14.9 Å². The lowest BCUT2D eigenvalue weighted by Gasteiger charge is -2.20. The SMILES string of the molecule is CC(C)c1c(C(=O)Nc2ccccc2)c(-c2ccccc2)c(-c2ccc(F)cc2)n1CC[C@@H](O)C[C@@H](O)CC(=O)NC(=O)OCCSSCCO[N+](=O)[O-]. The number of nitrogens with one attached hydrogen (secondary N) is 2. The highest BCUT2D eigenvalue weighted by Gasteiger charge is 2.31. The number of carbonyl (C=O) groups is 3. The number of aliphatic hydroxyl groups excluding tert-OH is 2. The second-order valence-electron chi connectivity index (χ2n) is 12.4. The molecule has 0 saturated heterocycles. The van der Waals surface area contributed by atoms with Crippen molar-refractivity contribution in [2.75, 3.05) is 30.0 Å². The third-order valence-electron chi connectivity index (χ3n) is 8.03. The number of ether oxygens (including phenoxy) is 1. The molecular formula is C38H43FN4O9S2. The predicted molar refractivity (Wildman–Crippen MR) is 207 cm³/mol. The molecule has 13 nitrogen and oxygen atoms in total. The molecule has 0 saturated carbocycles. The largest absolute Gasteiger partial charge is 0.448 e. The van der Waals surface area contributed by atoms with E-state index < -0.39 is 41.5 Å². The van der Waals surface area contributed by atoms with Gasteiger partial charge >= 0.3 is 6.09 Å². The maximum atomic E-state index is 14.2. The summed E-state index contributed by atoms with van der Waals surface area (Å²) in [5, 5.41) is 36.0. The minimum atomic E-state index is -1.28. The molecule has 0 aliphatic rings. The first-order valence-corrected chi connectivity index (χ1v) is 19.7. The van der Waals surface area contributed by atoms with Crippen molar-refractivity contribution in [3.05, 3.63) is 112 Å². The van der Waals surface area contributed by atoms with Gasteiger partial charge in [0.15, 0.2) is 0 Å². The van der Waals surface area contributed by atoms with Gasteiger partial charge in [0.1, 0.15) is 19.0 Å². The molecule has 0 aliphatic carbocycles. The van der Waals surface area contributed by atoms with E-state index in [1.807, 2.05) is 72.3 Å². The molecule has 3 amide bonds. The average molecular weight is 783 g/mol. The van der Waals surface area contributed by atoms with Crippen molar-refractivity contribution in [3.63, 3.8) is 0 Å². The second kappa shape index (κ2) is 21.1. The predicted octanol–water partition coefficient (Wildman–Crippen LogP) is 7.07. The molecule has 0 aliphatic heterocycles. The van der Waals surface area contributed by atoms with E-state index in [9.17, 15) is 39.1 Å². The van der Waals surface area contributed by atoms with Crippen molar-refractivity contribution in [2.45, 2.75) is 57.8 Å². The van der Waals surface area contributed by atoms with Crippen molar-refractivity contribution < 1.29 is 43.6 Å². The lowest BCUT2D eigenvalue weighted by atomic mass is 9.94. The Morgan fingerprint density at radius 3 is 2.15 bits per heavy atom. The van der Waals surface area contributed by atoms with Crippen LogP contribution < -0.4 is 10.6 Å². The summed E-state index contributed by atoms with van der Waals surface area (Å²) >= 11 is 0. The van der Waals surface area contributed by atoms with Gasteiger partial charge in [0.25, 0.3) is 11.0 Å². The molecule has 3 aromatic carbocycles. The number of imide groups is 1. The highest BCUT2D eigenvalue weighted by molar-refractivity contribution is 8.76. The fourth-order valence-corrected chi connectivity index (χ4v) is 7.49. The number of aromatic nitrogens is 1. The highest BCUT2D eigenvalue weighted by Crippen LogP contribution is 2.42. The summed E-state index contributed by atoms with van der Waals surface area (Å²) < 4.78 is 21.1. The Morgan fingerprint density at radius 1 is 0.889 bits per heavy atom. The van der Waals surface area contributed by atoms with Crippen molar-refractivity contribution in [1.82, 2.24) is 9.88 Å². The number of anilines is 1. The van der Waals surface area contributed by atoms with Gasteiger partial charge in [-0.2, -0.15) is 0 Å². The number of hydrogen-bond acceptors (Lipinski definition) is 11. The van der Waals surface area contributed by atoms with E-state index in [2.05, 4.69) is 10.2 Å². The molecular weight excluding hydrogens is 740 g/mol. The lowest BCUT2D eigenvalue weighted by molar-refractivity contribution is -0.756. The van der Waals surface area contributed by atoms with Crippen LogP contribution in [-0.2, 0) is 20.9 Å². The molecule has 0 fully saturated rings. The van der Waals surface area contributed by atoms with E-state index in [4.69, 9.17) is 4.74 Å². The summed E-state index contributed by atoms with van der Waals surface area (Å²) in [5.41, 5.74) is 4.50. The Morgan fingerprint density at radius 2 is 1.52 bits per heavy atom. The third kappa shape index (κ3) is 12.6. The van der Waals surface area contributed by atoms with Crippen LogP contribution in [0.25, 0.3) is 22.4 Å². The maximum absolute atomic E-state index is 14.2. The lowest BCUT2D eigenvalue weighted by Crippen LogP contribution is -2.34. The number of alkyl carbamates (subject to hydrolysis) is 1. The summed E-state index contributed by atoms with van der Waals surface area (Å²) in [6.07, 6.45) is -3.84. The van der Waals surface area contributed by atoms with E-state index in [1.165, 1.54) is 33.7 Å². The first kappa shape index (κ1) is 41.9. The Labute approximate surface area is 320 Å². The summed E-state index contributed by atoms with van der Waals surface area (Å²) in [4.78, 5) is 53.0. The van der Waals surface area contributed by atoms with Gasteiger partial charge in [-0.05, 0) is 66.3 Å². The number of rotatable bonds is 20. The zero-order valence-electron chi connectivity index (χ0n) is 29.8. The number of halogens is 1. The number of aliphatic hydroxyl groups is 2. The molecule has 288 valence electrons. The Bertz CT molecular complexity index is 1850. The van der Waals surface area contributed by atoms with Crippen LogP contribution in [0, 0.1) is 15.9 Å². The zero-order valence-corrected chi connectivity index (χ0v) is 31.4. The Balaban J connectivity index is 1.48. The number of hydrogen-bond donors (Lipinski definition) is 4. The van der Waals surface area contributed by atoms with Gasteiger partial charge in [-0.25, -0.2) is 9.18 Å². The third-order valence-corrected chi connectivity index (χ3v) is 10.4. The zero-order chi connectivity index (χ0) is 39.0. The molecule has 4 aromatic rings. The fraction of sp³-hybridized carbons (Fsp3) is 0.342. The van der Waals surface area contributed by atoms with Crippen LogP contribution in [0.2, 0.25) is 0 Å². The van der Waals surface area contributed by atoms with Crippen LogP contribution in [0.15, 0.2) is 84.9 Å². The molecule has 0 spiro atoms.